The van der Waals surface area contributed by atoms with Crippen molar-refractivity contribution in [3.8, 4) is 11.5 Å². The second-order valence-electron chi connectivity index (χ2n) is 5.44. The number of carbonyl (C=O) groups excluding carboxylic acids is 1. The zero-order valence-corrected chi connectivity index (χ0v) is 14.5. The Balaban J connectivity index is 1.69. The molecular weight excluding hydrogens is 330 g/mol. The van der Waals surface area contributed by atoms with Crippen LogP contribution >= 0.6 is 0 Å². The first-order valence-corrected chi connectivity index (χ1v) is 8.01. The number of amides is 1. The van der Waals surface area contributed by atoms with E-state index in [2.05, 4.69) is 15.6 Å². The number of nitrogens with one attached hydrogen (secondary N) is 2. The van der Waals surface area contributed by atoms with Crippen LogP contribution in [0.15, 0.2) is 66.9 Å². The average molecular weight is 349 g/mol. The maximum Gasteiger partial charge on any atom is 0.256 e. The SMILES string of the molecule is COc1ccc(Nc2ccc(NC(=O)c3ccccc3)nc2)c(OC)c1. The Hall–Kier alpha value is -3.54. The number of anilines is 3. The fourth-order valence-corrected chi connectivity index (χ4v) is 2.38. The summed E-state index contributed by atoms with van der Waals surface area (Å²) < 4.78 is 10.6. The van der Waals surface area contributed by atoms with Crippen molar-refractivity contribution in [1.29, 1.82) is 0 Å². The Labute approximate surface area is 151 Å². The van der Waals surface area contributed by atoms with Crippen LogP contribution in [0, 0.1) is 0 Å². The molecule has 1 heterocycles. The maximum atomic E-state index is 12.1. The summed E-state index contributed by atoms with van der Waals surface area (Å²) in [6, 6.07) is 18.1. The molecule has 2 aromatic carbocycles. The monoisotopic (exact) mass is 349 g/mol. The van der Waals surface area contributed by atoms with Crippen molar-refractivity contribution in [2.75, 3.05) is 24.9 Å². The van der Waals surface area contributed by atoms with Gasteiger partial charge in [0, 0.05) is 11.6 Å². The summed E-state index contributed by atoms with van der Waals surface area (Å²) in [6.45, 7) is 0. The zero-order valence-electron chi connectivity index (χ0n) is 14.5. The van der Waals surface area contributed by atoms with E-state index < -0.39 is 0 Å². The number of hydrogen-bond acceptors (Lipinski definition) is 5. The van der Waals surface area contributed by atoms with Gasteiger partial charge < -0.3 is 20.1 Å². The summed E-state index contributed by atoms with van der Waals surface area (Å²) in [5.41, 5.74) is 2.14. The molecule has 0 aliphatic heterocycles. The maximum absolute atomic E-state index is 12.1. The normalized spacial score (nSPS) is 10.1. The molecule has 132 valence electrons. The highest BCUT2D eigenvalue weighted by molar-refractivity contribution is 6.03. The van der Waals surface area contributed by atoms with Crippen LogP contribution in [0.5, 0.6) is 11.5 Å². The van der Waals surface area contributed by atoms with E-state index in [0.29, 0.717) is 22.9 Å². The van der Waals surface area contributed by atoms with Crippen LogP contribution in [-0.2, 0) is 0 Å². The predicted molar refractivity (Wildman–Crippen MR) is 101 cm³/mol. The van der Waals surface area contributed by atoms with Crippen molar-refractivity contribution in [3.63, 3.8) is 0 Å². The lowest BCUT2D eigenvalue weighted by Crippen LogP contribution is -2.12. The fourth-order valence-electron chi connectivity index (χ4n) is 2.38. The first-order chi connectivity index (χ1) is 12.7. The molecule has 0 aliphatic carbocycles. The van der Waals surface area contributed by atoms with E-state index in [-0.39, 0.29) is 5.91 Å². The number of carbonyl (C=O) groups is 1. The molecule has 2 N–H and O–H groups in total. The third kappa shape index (κ3) is 4.10. The summed E-state index contributed by atoms with van der Waals surface area (Å²) in [6.07, 6.45) is 1.64. The molecule has 0 atom stereocenters. The molecule has 1 amide bonds. The molecule has 0 radical (unpaired) electrons. The lowest BCUT2D eigenvalue weighted by molar-refractivity contribution is 0.102. The predicted octanol–water partition coefficient (Wildman–Crippen LogP) is 4.09. The van der Waals surface area contributed by atoms with Gasteiger partial charge in [0.05, 0.1) is 31.8 Å². The highest BCUT2D eigenvalue weighted by Crippen LogP contribution is 2.31. The van der Waals surface area contributed by atoms with Gasteiger partial charge in [-0.3, -0.25) is 4.79 Å². The Kier molecular flexibility index (Phi) is 5.34. The molecule has 3 aromatic rings. The van der Waals surface area contributed by atoms with E-state index in [1.165, 1.54) is 0 Å². The van der Waals surface area contributed by atoms with Crippen LogP contribution in [0.25, 0.3) is 0 Å². The molecule has 26 heavy (non-hydrogen) atoms. The number of methoxy groups -OCH3 is 2. The number of ether oxygens (including phenoxy) is 2. The quantitative estimate of drug-likeness (QED) is 0.701. The zero-order chi connectivity index (χ0) is 18.4. The van der Waals surface area contributed by atoms with Crippen LogP contribution in [0.3, 0.4) is 0 Å². The first-order valence-electron chi connectivity index (χ1n) is 8.01. The van der Waals surface area contributed by atoms with E-state index in [1.807, 2.05) is 36.4 Å². The second kappa shape index (κ2) is 8.02. The van der Waals surface area contributed by atoms with Gasteiger partial charge in [-0.05, 0) is 36.4 Å². The van der Waals surface area contributed by atoms with Crippen molar-refractivity contribution in [2.24, 2.45) is 0 Å². The second-order valence-corrected chi connectivity index (χ2v) is 5.44. The van der Waals surface area contributed by atoms with Crippen molar-refractivity contribution in [1.82, 2.24) is 4.98 Å². The summed E-state index contributed by atoms with van der Waals surface area (Å²) in [7, 11) is 3.20. The van der Waals surface area contributed by atoms with Gasteiger partial charge in [-0.25, -0.2) is 4.98 Å². The first kappa shape index (κ1) is 17.3. The minimum Gasteiger partial charge on any atom is -0.497 e. The third-order valence-electron chi connectivity index (χ3n) is 3.73. The van der Waals surface area contributed by atoms with Gasteiger partial charge in [0.1, 0.15) is 17.3 Å². The van der Waals surface area contributed by atoms with Gasteiger partial charge in [0.25, 0.3) is 5.91 Å². The van der Waals surface area contributed by atoms with Gasteiger partial charge in [0.2, 0.25) is 0 Å². The molecule has 3 rings (SSSR count). The molecule has 0 saturated heterocycles. The van der Waals surface area contributed by atoms with Crippen LogP contribution in [0.4, 0.5) is 17.2 Å². The highest BCUT2D eigenvalue weighted by Gasteiger charge is 2.08. The summed E-state index contributed by atoms with van der Waals surface area (Å²) in [5, 5.41) is 6.00. The molecule has 1 aromatic heterocycles. The smallest absolute Gasteiger partial charge is 0.256 e. The minimum absolute atomic E-state index is 0.198. The number of nitrogens with zero attached hydrogens (tertiary/aromatic N) is 1. The standard InChI is InChI=1S/C20H19N3O3/c1-25-16-9-10-17(18(12-16)26-2)22-15-8-11-19(21-13-15)23-20(24)14-6-4-3-5-7-14/h3-13,22H,1-2H3,(H,21,23,24). The lowest BCUT2D eigenvalue weighted by atomic mass is 10.2. The van der Waals surface area contributed by atoms with Crippen LogP contribution < -0.4 is 20.1 Å². The van der Waals surface area contributed by atoms with Crippen molar-refractivity contribution >= 4 is 23.1 Å². The summed E-state index contributed by atoms with van der Waals surface area (Å²) in [5.74, 6) is 1.65. The van der Waals surface area contributed by atoms with E-state index in [0.717, 1.165) is 11.4 Å². The minimum atomic E-state index is -0.198. The topological polar surface area (TPSA) is 72.5 Å². The highest BCUT2D eigenvalue weighted by atomic mass is 16.5. The van der Waals surface area contributed by atoms with E-state index >= 15 is 0 Å². The van der Waals surface area contributed by atoms with Gasteiger partial charge in [-0.1, -0.05) is 18.2 Å². The molecule has 6 nitrogen and oxygen atoms in total. The summed E-state index contributed by atoms with van der Waals surface area (Å²) in [4.78, 5) is 16.4. The Morgan fingerprint density at radius 3 is 2.42 bits per heavy atom. The molecule has 0 unspecified atom stereocenters. The largest absolute Gasteiger partial charge is 0.497 e. The molecule has 0 fully saturated rings. The van der Waals surface area contributed by atoms with Crippen LogP contribution in [0.1, 0.15) is 10.4 Å². The van der Waals surface area contributed by atoms with Crippen LogP contribution in [0.2, 0.25) is 0 Å². The lowest BCUT2D eigenvalue weighted by Gasteiger charge is -2.12. The van der Waals surface area contributed by atoms with Gasteiger partial charge >= 0.3 is 0 Å². The van der Waals surface area contributed by atoms with E-state index in [4.69, 9.17) is 9.47 Å². The van der Waals surface area contributed by atoms with Crippen LogP contribution in [-0.4, -0.2) is 25.1 Å². The van der Waals surface area contributed by atoms with E-state index in [1.54, 1.807) is 44.7 Å². The number of rotatable bonds is 6. The number of benzene rings is 2. The van der Waals surface area contributed by atoms with Gasteiger partial charge in [0.15, 0.2) is 0 Å². The van der Waals surface area contributed by atoms with E-state index in [9.17, 15) is 4.79 Å². The molecule has 6 heteroatoms. The third-order valence-corrected chi connectivity index (χ3v) is 3.73. The number of pyridine rings is 1. The molecule has 0 spiro atoms. The number of aromatic nitrogens is 1. The van der Waals surface area contributed by atoms with Crippen molar-refractivity contribution < 1.29 is 14.3 Å². The Bertz CT molecular complexity index is 881. The summed E-state index contributed by atoms with van der Waals surface area (Å²) >= 11 is 0. The Morgan fingerprint density at radius 2 is 1.77 bits per heavy atom. The average Bonchev–Trinajstić information content (AvgIpc) is 2.70. The molecule has 0 aliphatic rings. The fraction of sp³-hybridized carbons (Fsp3) is 0.100. The molecule has 0 bridgehead atoms. The molecular formula is C20H19N3O3. The molecule has 0 saturated carbocycles. The van der Waals surface area contributed by atoms with Crippen molar-refractivity contribution in [3.05, 3.63) is 72.4 Å². The van der Waals surface area contributed by atoms with Gasteiger partial charge in [-0.2, -0.15) is 0 Å². The van der Waals surface area contributed by atoms with Gasteiger partial charge in [-0.15, -0.1) is 0 Å². The number of hydrogen-bond donors (Lipinski definition) is 2. The van der Waals surface area contributed by atoms with Crippen molar-refractivity contribution in [2.45, 2.75) is 0 Å². The Morgan fingerprint density at radius 1 is 0.962 bits per heavy atom.